The molecule has 0 saturated carbocycles. The molecule has 25 heavy (non-hydrogen) atoms. The summed E-state index contributed by atoms with van der Waals surface area (Å²) in [5.74, 6) is -2.57. The van der Waals surface area contributed by atoms with Crippen LogP contribution in [-0.4, -0.2) is 18.9 Å². The Kier molecular flexibility index (Phi) is 5.36. The molecule has 0 heterocycles. The van der Waals surface area contributed by atoms with Crippen molar-refractivity contribution in [3.05, 3.63) is 54.1 Å². The molecule has 2 N–H and O–H groups in total. The molecule has 0 fully saturated rings. The molecule has 2 rings (SSSR count). The number of hydrogen-bond acceptors (Lipinski definition) is 3. The lowest BCUT2D eigenvalue weighted by Crippen LogP contribution is -2.41. The summed E-state index contributed by atoms with van der Waals surface area (Å²) in [6.45, 7) is 2.79. The number of para-hydroxylation sites is 2. The van der Waals surface area contributed by atoms with Crippen LogP contribution >= 0.6 is 0 Å². The number of rotatable bonds is 5. The topological polar surface area (TPSA) is 67.4 Å². The predicted octanol–water partition coefficient (Wildman–Crippen LogP) is 3.58. The smallest absolute Gasteiger partial charge is 0.239 e. The maximum atomic E-state index is 13.7. The zero-order chi connectivity index (χ0) is 18.6. The molecule has 0 atom stereocenters. The molecule has 0 aliphatic carbocycles. The minimum atomic E-state index is -1.51. The van der Waals surface area contributed by atoms with Crippen molar-refractivity contribution in [2.45, 2.75) is 13.8 Å². The average Bonchev–Trinajstić information content (AvgIpc) is 2.57. The molecule has 0 aromatic heterocycles. The second kappa shape index (κ2) is 7.29. The van der Waals surface area contributed by atoms with Crippen LogP contribution in [0.25, 0.3) is 0 Å². The van der Waals surface area contributed by atoms with Crippen LogP contribution < -0.4 is 15.4 Å². The van der Waals surface area contributed by atoms with Crippen molar-refractivity contribution in [1.82, 2.24) is 0 Å². The number of amides is 2. The van der Waals surface area contributed by atoms with Crippen LogP contribution in [0.3, 0.4) is 0 Å². The maximum absolute atomic E-state index is 13.7. The number of hydrogen-bond donors (Lipinski definition) is 2. The highest BCUT2D eigenvalue weighted by Gasteiger charge is 2.37. The highest BCUT2D eigenvalue weighted by molar-refractivity contribution is 6.14. The molecule has 2 amide bonds. The number of methoxy groups -OCH3 is 1. The number of carbonyl (C=O) groups excluding carboxylic acids is 2. The second-order valence-electron chi connectivity index (χ2n) is 5.86. The van der Waals surface area contributed by atoms with Crippen LogP contribution in [0.4, 0.5) is 20.2 Å². The van der Waals surface area contributed by atoms with Crippen LogP contribution in [-0.2, 0) is 9.59 Å². The second-order valence-corrected chi connectivity index (χ2v) is 5.86. The highest BCUT2D eigenvalue weighted by atomic mass is 19.1. The number of anilines is 2. The zero-order valence-corrected chi connectivity index (χ0v) is 14.0. The third kappa shape index (κ3) is 4.12. The fourth-order valence-electron chi connectivity index (χ4n) is 2.00. The summed E-state index contributed by atoms with van der Waals surface area (Å²) in [4.78, 5) is 24.9. The van der Waals surface area contributed by atoms with E-state index in [1.165, 1.54) is 21.0 Å². The van der Waals surface area contributed by atoms with E-state index in [-0.39, 0.29) is 5.69 Å². The minimum Gasteiger partial charge on any atom is -0.495 e. The van der Waals surface area contributed by atoms with E-state index in [2.05, 4.69) is 10.6 Å². The Morgan fingerprint density at radius 1 is 0.960 bits per heavy atom. The summed E-state index contributed by atoms with van der Waals surface area (Å²) in [5, 5.41) is 4.91. The third-order valence-electron chi connectivity index (χ3n) is 3.67. The SMILES string of the molecule is COc1ccccc1NC(=O)C(C)(C)C(=O)Nc1ccc(F)cc1F. The number of nitrogens with one attached hydrogen (secondary N) is 2. The first-order chi connectivity index (χ1) is 11.8. The molecule has 0 unspecified atom stereocenters. The van der Waals surface area contributed by atoms with Gasteiger partial charge in [0.1, 0.15) is 22.8 Å². The Labute approximate surface area is 144 Å². The van der Waals surface area contributed by atoms with Gasteiger partial charge < -0.3 is 15.4 Å². The molecule has 5 nitrogen and oxygen atoms in total. The first-order valence-electron chi connectivity index (χ1n) is 7.46. The molecule has 2 aromatic carbocycles. The standard InChI is InChI=1S/C18H18F2N2O3/c1-18(2,16(23)21-13-9-8-11(19)10-12(13)20)17(24)22-14-6-4-5-7-15(14)25-3/h4-10H,1-3H3,(H,21,23)(H,22,24). The van der Waals surface area contributed by atoms with Crippen LogP contribution in [0.15, 0.2) is 42.5 Å². The first kappa shape index (κ1) is 18.4. The molecule has 0 radical (unpaired) electrons. The lowest BCUT2D eigenvalue weighted by atomic mass is 9.90. The van der Waals surface area contributed by atoms with Gasteiger partial charge in [-0.15, -0.1) is 0 Å². The van der Waals surface area contributed by atoms with E-state index in [0.717, 1.165) is 12.1 Å². The molecule has 0 spiro atoms. The molecular formula is C18H18F2N2O3. The number of benzene rings is 2. The molecule has 0 aliphatic rings. The lowest BCUT2D eigenvalue weighted by Gasteiger charge is -2.23. The Balaban J connectivity index is 2.15. The molecule has 0 aliphatic heterocycles. The van der Waals surface area contributed by atoms with Gasteiger partial charge in [-0.2, -0.15) is 0 Å². The summed E-state index contributed by atoms with van der Waals surface area (Å²) < 4.78 is 31.7. The summed E-state index contributed by atoms with van der Waals surface area (Å²) in [6, 6.07) is 9.50. The van der Waals surface area contributed by atoms with Crippen molar-refractivity contribution in [3.8, 4) is 5.75 Å². The highest BCUT2D eigenvalue weighted by Crippen LogP contribution is 2.27. The van der Waals surface area contributed by atoms with Crippen LogP contribution in [0, 0.1) is 17.0 Å². The van der Waals surface area contributed by atoms with Crippen molar-refractivity contribution in [1.29, 1.82) is 0 Å². The van der Waals surface area contributed by atoms with Gasteiger partial charge in [0.25, 0.3) is 0 Å². The molecule has 0 bridgehead atoms. The summed E-state index contributed by atoms with van der Waals surface area (Å²) in [6.07, 6.45) is 0. The van der Waals surface area contributed by atoms with E-state index in [1.54, 1.807) is 24.3 Å². The van der Waals surface area contributed by atoms with Crippen molar-refractivity contribution in [2.24, 2.45) is 5.41 Å². The number of halogens is 2. The zero-order valence-electron chi connectivity index (χ0n) is 14.0. The van der Waals surface area contributed by atoms with Crippen molar-refractivity contribution >= 4 is 23.2 Å². The van der Waals surface area contributed by atoms with Crippen molar-refractivity contribution in [3.63, 3.8) is 0 Å². The Morgan fingerprint density at radius 2 is 1.56 bits per heavy atom. The fraction of sp³-hybridized carbons (Fsp3) is 0.222. The van der Waals surface area contributed by atoms with E-state index in [1.807, 2.05) is 0 Å². The monoisotopic (exact) mass is 348 g/mol. The predicted molar refractivity (Wildman–Crippen MR) is 90.4 cm³/mol. The lowest BCUT2D eigenvalue weighted by molar-refractivity contribution is -0.135. The van der Waals surface area contributed by atoms with Gasteiger partial charge in [-0.1, -0.05) is 12.1 Å². The van der Waals surface area contributed by atoms with E-state index in [0.29, 0.717) is 17.5 Å². The number of carbonyl (C=O) groups is 2. The maximum Gasteiger partial charge on any atom is 0.239 e. The third-order valence-corrected chi connectivity index (χ3v) is 3.67. The van der Waals surface area contributed by atoms with Gasteiger partial charge in [0, 0.05) is 6.07 Å². The molecule has 132 valence electrons. The van der Waals surface area contributed by atoms with Gasteiger partial charge in [0.05, 0.1) is 18.5 Å². The van der Waals surface area contributed by atoms with E-state index >= 15 is 0 Å². The van der Waals surface area contributed by atoms with Gasteiger partial charge in [-0.05, 0) is 38.1 Å². The first-order valence-corrected chi connectivity index (χ1v) is 7.46. The molecule has 0 saturated heterocycles. The van der Waals surface area contributed by atoms with E-state index < -0.39 is 28.9 Å². The van der Waals surface area contributed by atoms with E-state index in [4.69, 9.17) is 4.74 Å². The summed E-state index contributed by atoms with van der Waals surface area (Å²) in [7, 11) is 1.46. The van der Waals surface area contributed by atoms with Gasteiger partial charge in [-0.25, -0.2) is 8.78 Å². The van der Waals surface area contributed by atoms with Gasteiger partial charge in [-0.3, -0.25) is 9.59 Å². The summed E-state index contributed by atoms with van der Waals surface area (Å²) in [5.41, 5.74) is -1.31. The van der Waals surface area contributed by atoms with Crippen molar-refractivity contribution < 1.29 is 23.1 Å². The largest absolute Gasteiger partial charge is 0.495 e. The van der Waals surface area contributed by atoms with Crippen LogP contribution in [0.1, 0.15) is 13.8 Å². The number of ether oxygens (including phenoxy) is 1. The van der Waals surface area contributed by atoms with Crippen LogP contribution in [0.5, 0.6) is 5.75 Å². The Morgan fingerprint density at radius 3 is 2.16 bits per heavy atom. The normalized spacial score (nSPS) is 10.9. The average molecular weight is 348 g/mol. The molecular weight excluding hydrogens is 330 g/mol. The van der Waals surface area contributed by atoms with E-state index in [9.17, 15) is 18.4 Å². The van der Waals surface area contributed by atoms with Gasteiger partial charge >= 0.3 is 0 Å². The van der Waals surface area contributed by atoms with Crippen LogP contribution in [0.2, 0.25) is 0 Å². The summed E-state index contributed by atoms with van der Waals surface area (Å²) >= 11 is 0. The quantitative estimate of drug-likeness (QED) is 0.812. The van der Waals surface area contributed by atoms with Crippen molar-refractivity contribution in [2.75, 3.05) is 17.7 Å². The van der Waals surface area contributed by atoms with Gasteiger partial charge in [0.2, 0.25) is 11.8 Å². The van der Waals surface area contributed by atoms with Gasteiger partial charge in [0.15, 0.2) is 0 Å². The Hall–Kier alpha value is -2.96. The molecule has 2 aromatic rings. The minimum absolute atomic E-state index is 0.204. The Bertz CT molecular complexity index is 807. The molecule has 7 heteroatoms. The fourth-order valence-corrected chi connectivity index (χ4v) is 2.00.